The van der Waals surface area contributed by atoms with E-state index in [2.05, 4.69) is 36.4 Å². The first kappa shape index (κ1) is 20.4. The van der Waals surface area contributed by atoms with Crippen LogP contribution in [0.15, 0.2) is 12.2 Å². The Morgan fingerprint density at radius 1 is 1.07 bits per heavy atom. The van der Waals surface area contributed by atoms with Crippen molar-refractivity contribution in [2.75, 3.05) is 19.0 Å². The van der Waals surface area contributed by atoms with Crippen molar-refractivity contribution in [1.29, 1.82) is 0 Å². The third-order valence-electron chi connectivity index (χ3n) is 9.73. The maximum absolute atomic E-state index is 10.8. The molecular weight excluding hydrogens is 400 g/mol. The van der Waals surface area contributed by atoms with Gasteiger partial charge in [0, 0.05) is 12.4 Å². The fraction of sp³-hybridized carbons (Fsp3) is 0.917. The topological polar surface area (TPSA) is 29.5 Å². The molecule has 0 radical (unpaired) electrons. The highest BCUT2D eigenvalue weighted by Crippen LogP contribution is 2.68. The van der Waals surface area contributed by atoms with Gasteiger partial charge in [-0.05, 0) is 105 Å². The van der Waals surface area contributed by atoms with E-state index >= 15 is 0 Å². The minimum atomic E-state index is -0.468. The summed E-state index contributed by atoms with van der Waals surface area (Å²) in [6.45, 7) is 9.96. The summed E-state index contributed by atoms with van der Waals surface area (Å²) in [6.07, 6.45) is 11.2. The Morgan fingerprint density at radius 3 is 2.56 bits per heavy atom. The lowest BCUT2D eigenvalue weighted by molar-refractivity contribution is -0.173. The minimum Gasteiger partial charge on any atom is -0.390 e. The van der Waals surface area contributed by atoms with E-state index in [4.69, 9.17) is 4.74 Å². The van der Waals surface area contributed by atoms with Gasteiger partial charge in [-0.1, -0.05) is 35.0 Å². The van der Waals surface area contributed by atoms with Gasteiger partial charge in [-0.3, -0.25) is 0 Å². The van der Waals surface area contributed by atoms with Gasteiger partial charge in [0.25, 0.3) is 0 Å². The molecule has 0 amide bonds. The van der Waals surface area contributed by atoms with Gasteiger partial charge in [0.1, 0.15) is 0 Å². The molecule has 0 aromatic heterocycles. The molecule has 0 spiro atoms. The predicted octanol–water partition coefficient (Wildman–Crippen LogP) is 5.97. The molecule has 4 fully saturated rings. The summed E-state index contributed by atoms with van der Waals surface area (Å²) >= 11 is 3.68. The van der Waals surface area contributed by atoms with Gasteiger partial charge in [0.2, 0.25) is 0 Å². The fourth-order valence-corrected chi connectivity index (χ4v) is 8.94. The summed E-state index contributed by atoms with van der Waals surface area (Å²) in [5.74, 6) is 3.84. The second-order valence-electron chi connectivity index (χ2n) is 11.0. The highest BCUT2D eigenvalue weighted by atomic mass is 79.9. The molecule has 0 saturated heterocycles. The average Bonchev–Trinajstić information content (AvgIpc) is 2.98. The third kappa shape index (κ3) is 3.10. The molecule has 0 heterocycles. The second-order valence-corrected chi connectivity index (χ2v) is 11.5. The maximum atomic E-state index is 10.8. The fourth-order valence-electron chi connectivity index (χ4n) is 8.55. The zero-order valence-corrected chi connectivity index (χ0v) is 19.2. The molecule has 4 rings (SSSR count). The minimum absolute atomic E-state index is 0.311. The van der Waals surface area contributed by atoms with Crippen LogP contribution >= 0.6 is 15.9 Å². The molecule has 2 nitrogen and oxygen atoms in total. The van der Waals surface area contributed by atoms with Gasteiger partial charge < -0.3 is 9.84 Å². The van der Waals surface area contributed by atoms with Crippen LogP contribution in [0.4, 0.5) is 0 Å². The van der Waals surface area contributed by atoms with E-state index in [-0.39, 0.29) is 0 Å². The lowest BCUT2D eigenvalue weighted by Gasteiger charge is -2.62. The number of hydrogen-bond acceptors (Lipinski definition) is 2. The molecule has 154 valence electrons. The van der Waals surface area contributed by atoms with Crippen molar-refractivity contribution >= 4 is 15.9 Å². The molecule has 0 aromatic rings. The molecule has 0 aliphatic heterocycles. The number of hydrogen-bond donors (Lipinski definition) is 1. The Hall–Kier alpha value is 0.140. The van der Waals surface area contributed by atoms with E-state index in [0.29, 0.717) is 22.7 Å². The Labute approximate surface area is 174 Å². The van der Waals surface area contributed by atoms with E-state index < -0.39 is 5.60 Å². The second kappa shape index (κ2) is 7.13. The molecule has 4 aliphatic carbocycles. The molecule has 27 heavy (non-hydrogen) atoms. The van der Waals surface area contributed by atoms with Gasteiger partial charge in [-0.2, -0.15) is 0 Å². The van der Waals surface area contributed by atoms with Gasteiger partial charge in [0.15, 0.2) is 0 Å². The van der Waals surface area contributed by atoms with E-state index in [1.165, 1.54) is 44.1 Å². The summed E-state index contributed by atoms with van der Waals surface area (Å²) in [5.41, 5.74) is 1.72. The highest BCUT2D eigenvalue weighted by molar-refractivity contribution is 9.09. The van der Waals surface area contributed by atoms with Gasteiger partial charge in [-0.15, -0.1) is 0 Å². The molecule has 4 aliphatic rings. The summed E-state index contributed by atoms with van der Waals surface area (Å²) in [4.78, 5) is 0. The number of ether oxygens (including phenoxy) is 1. The van der Waals surface area contributed by atoms with E-state index in [1.807, 2.05) is 7.11 Å². The monoisotopic (exact) mass is 438 g/mol. The largest absolute Gasteiger partial charge is 0.390 e. The van der Waals surface area contributed by atoms with E-state index in [1.54, 1.807) is 0 Å². The Bertz CT molecular complexity index is 587. The predicted molar refractivity (Wildman–Crippen MR) is 115 cm³/mol. The molecule has 0 aromatic carbocycles. The maximum Gasteiger partial charge on any atom is 0.0622 e. The summed E-state index contributed by atoms with van der Waals surface area (Å²) in [5, 5.41) is 11.7. The first-order valence-corrected chi connectivity index (χ1v) is 12.3. The number of fused-ring (bicyclic) bond motifs is 5. The van der Waals surface area contributed by atoms with Gasteiger partial charge >= 0.3 is 0 Å². The van der Waals surface area contributed by atoms with E-state index in [9.17, 15) is 5.11 Å². The Kier molecular flexibility index (Phi) is 5.39. The molecule has 0 bridgehead atoms. The van der Waals surface area contributed by atoms with Crippen LogP contribution in [0.1, 0.15) is 71.6 Å². The third-order valence-corrected chi connectivity index (χ3v) is 10.5. The molecule has 1 N–H and O–H groups in total. The first-order valence-electron chi connectivity index (χ1n) is 11.2. The Balaban J connectivity index is 1.63. The zero-order valence-electron chi connectivity index (χ0n) is 17.6. The molecular formula is C24H39BrO2. The van der Waals surface area contributed by atoms with Crippen molar-refractivity contribution in [1.82, 2.24) is 0 Å². The summed E-state index contributed by atoms with van der Waals surface area (Å²) in [7, 11) is 1.89. The van der Waals surface area contributed by atoms with Crippen LogP contribution in [0.5, 0.6) is 0 Å². The lowest BCUT2D eigenvalue weighted by atomic mass is 9.43. The van der Waals surface area contributed by atoms with Crippen molar-refractivity contribution in [3.05, 3.63) is 12.2 Å². The molecule has 3 heteroatoms. The normalized spacial score (nSPS) is 52.0. The number of allylic oxidation sites excluding steroid dienone is 1. The first-order chi connectivity index (χ1) is 12.8. The van der Waals surface area contributed by atoms with Crippen LogP contribution in [-0.2, 0) is 4.74 Å². The number of aliphatic hydroxyl groups is 1. The molecule has 4 saturated carbocycles. The zero-order chi connectivity index (χ0) is 19.4. The van der Waals surface area contributed by atoms with Crippen molar-refractivity contribution in [3.63, 3.8) is 0 Å². The molecule has 8 unspecified atom stereocenters. The number of alkyl halides is 1. The number of halogens is 1. The smallest absolute Gasteiger partial charge is 0.0622 e. The van der Waals surface area contributed by atoms with Crippen LogP contribution in [0.3, 0.4) is 0 Å². The summed E-state index contributed by atoms with van der Waals surface area (Å²) in [6, 6.07) is 0. The van der Waals surface area contributed by atoms with Crippen LogP contribution < -0.4 is 0 Å². The molecule has 8 atom stereocenters. The van der Waals surface area contributed by atoms with Crippen molar-refractivity contribution in [2.45, 2.75) is 77.2 Å². The van der Waals surface area contributed by atoms with Crippen LogP contribution in [0.2, 0.25) is 0 Å². The summed E-state index contributed by atoms with van der Waals surface area (Å²) < 4.78 is 5.87. The van der Waals surface area contributed by atoms with Gasteiger partial charge in [-0.25, -0.2) is 0 Å². The average molecular weight is 439 g/mol. The van der Waals surface area contributed by atoms with Crippen LogP contribution in [-0.4, -0.2) is 29.8 Å². The number of rotatable bonds is 4. The quantitative estimate of drug-likeness (QED) is 0.432. The van der Waals surface area contributed by atoms with Crippen molar-refractivity contribution < 1.29 is 9.84 Å². The Morgan fingerprint density at radius 2 is 1.85 bits per heavy atom. The van der Waals surface area contributed by atoms with Crippen molar-refractivity contribution in [3.8, 4) is 0 Å². The standard InChI is InChI=1S/C24H39BrO2/c1-16(14-25)19-7-8-20-18-6-5-17-13-22(2,26)11-12-24(17,15-27-4)21(18)9-10-23(19,20)3/h17-21,26H,1,5-15H2,2-4H3. The van der Waals surface area contributed by atoms with Crippen LogP contribution in [0.25, 0.3) is 0 Å². The van der Waals surface area contributed by atoms with Crippen LogP contribution in [0, 0.1) is 40.4 Å². The highest BCUT2D eigenvalue weighted by Gasteiger charge is 2.62. The van der Waals surface area contributed by atoms with Crippen molar-refractivity contribution in [2.24, 2.45) is 40.4 Å². The number of methoxy groups -OCH3 is 1. The van der Waals surface area contributed by atoms with E-state index in [0.717, 1.165) is 49.0 Å². The lowest BCUT2D eigenvalue weighted by Crippen LogP contribution is -2.58. The van der Waals surface area contributed by atoms with Gasteiger partial charge in [0.05, 0.1) is 12.2 Å². The SMILES string of the molecule is C=C(CBr)C1CCC2C3CCC4CC(C)(O)CCC4(COC)C3CCC12C.